The van der Waals surface area contributed by atoms with Gasteiger partial charge in [0.05, 0.1) is 24.1 Å². The highest BCUT2D eigenvalue weighted by Gasteiger charge is 2.54. The van der Waals surface area contributed by atoms with Crippen molar-refractivity contribution in [1.29, 1.82) is 0 Å². The number of aryl methyl sites for hydroxylation is 1. The molecule has 1 fully saturated rings. The molecule has 1 atom stereocenters. The van der Waals surface area contributed by atoms with Crippen LogP contribution in [0.4, 0.5) is 24.8 Å². The third-order valence-electron chi connectivity index (χ3n) is 7.46. The molecule has 0 saturated heterocycles. The molecule has 0 radical (unpaired) electrons. The van der Waals surface area contributed by atoms with Gasteiger partial charge in [-0.1, -0.05) is 11.2 Å². The number of likely N-dealkylation sites (N-methyl/N-ethyl adjacent to an activating group) is 1. The summed E-state index contributed by atoms with van der Waals surface area (Å²) in [6.07, 6.45) is -1.23. The van der Waals surface area contributed by atoms with E-state index in [1.165, 1.54) is 36.1 Å². The smallest absolute Gasteiger partial charge is 0.371 e. The Morgan fingerprint density at radius 3 is 2.60 bits per heavy atom. The van der Waals surface area contributed by atoms with Gasteiger partial charge in [-0.05, 0) is 44.9 Å². The first-order valence-corrected chi connectivity index (χ1v) is 13.2. The van der Waals surface area contributed by atoms with E-state index in [1.54, 1.807) is 32.0 Å². The second-order valence-electron chi connectivity index (χ2n) is 10.2. The summed E-state index contributed by atoms with van der Waals surface area (Å²) in [7, 11) is 3.27. The van der Waals surface area contributed by atoms with Crippen molar-refractivity contribution in [2.24, 2.45) is 5.16 Å². The number of imide groups is 1. The van der Waals surface area contributed by atoms with E-state index in [1.807, 2.05) is 0 Å². The molecule has 16 heteroatoms. The Kier molecular flexibility index (Phi) is 7.54. The monoisotopic (exact) mass is 599 g/mol. The van der Waals surface area contributed by atoms with Crippen LogP contribution in [-0.4, -0.2) is 80.2 Å². The Hall–Kier alpha value is -5.02. The number of rotatable bonds is 9. The largest absolute Gasteiger partial charge is 0.418 e. The van der Waals surface area contributed by atoms with Gasteiger partial charge in [-0.25, -0.2) is 9.97 Å². The van der Waals surface area contributed by atoms with E-state index in [-0.39, 0.29) is 47.1 Å². The predicted molar refractivity (Wildman–Crippen MR) is 148 cm³/mol. The lowest BCUT2D eigenvalue weighted by Gasteiger charge is -2.23. The van der Waals surface area contributed by atoms with Crippen molar-refractivity contribution in [1.82, 2.24) is 29.3 Å². The molecular formula is C27H28F3N9O4. The molecular weight excluding hydrogens is 571 g/mol. The minimum absolute atomic E-state index is 0.00964. The highest BCUT2D eigenvalue weighted by molar-refractivity contribution is 6.06. The van der Waals surface area contributed by atoms with Crippen LogP contribution in [0.1, 0.15) is 41.5 Å². The number of hydrogen-bond acceptors (Lipinski definition) is 10. The number of imidazole rings is 1. The SMILES string of the molecule is CNc1ncn(C2(C(=O)Nc3cccc(-c4cnc(C)c(C(F)(F)F)c4)n3)CC2)c1C(=O)N(C=O)CC1=NOC(C)N1C. The molecule has 1 aliphatic carbocycles. The average molecular weight is 600 g/mol. The number of nitrogens with one attached hydrogen (secondary N) is 2. The zero-order valence-electron chi connectivity index (χ0n) is 23.6. The molecule has 0 bridgehead atoms. The third-order valence-corrected chi connectivity index (χ3v) is 7.46. The van der Waals surface area contributed by atoms with Crippen LogP contribution in [0.2, 0.25) is 0 Å². The molecule has 13 nitrogen and oxygen atoms in total. The number of pyridine rings is 2. The molecule has 3 aromatic rings. The van der Waals surface area contributed by atoms with Crippen molar-refractivity contribution in [3.8, 4) is 11.3 Å². The summed E-state index contributed by atoms with van der Waals surface area (Å²) in [6.45, 7) is 2.86. The van der Waals surface area contributed by atoms with Gasteiger partial charge in [-0.3, -0.25) is 24.3 Å². The van der Waals surface area contributed by atoms with Crippen LogP contribution in [0.15, 0.2) is 41.9 Å². The van der Waals surface area contributed by atoms with Gasteiger partial charge >= 0.3 is 6.18 Å². The first-order valence-electron chi connectivity index (χ1n) is 13.2. The van der Waals surface area contributed by atoms with E-state index in [9.17, 15) is 27.6 Å². The summed E-state index contributed by atoms with van der Waals surface area (Å²) in [5.74, 6) is -0.602. The van der Waals surface area contributed by atoms with Gasteiger partial charge < -0.3 is 24.9 Å². The van der Waals surface area contributed by atoms with E-state index in [2.05, 4.69) is 30.7 Å². The van der Waals surface area contributed by atoms with Gasteiger partial charge in [-0.15, -0.1) is 0 Å². The number of amidine groups is 1. The fraction of sp³-hybridized carbons (Fsp3) is 0.370. The number of alkyl halides is 3. The van der Waals surface area contributed by atoms with Crippen molar-refractivity contribution in [2.45, 2.75) is 44.6 Å². The number of aromatic nitrogens is 4. The summed E-state index contributed by atoms with van der Waals surface area (Å²) >= 11 is 0. The molecule has 0 aromatic carbocycles. The second kappa shape index (κ2) is 11.0. The molecule has 5 rings (SSSR count). The molecule has 0 spiro atoms. The van der Waals surface area contributed by atoms with E-state index in [0.29, 0.717) is 25.1 Å². The van der Waals surface area contributed by atoms with Gasteiger partial charge in [0.1, 0.15) is 11.4 Å². The molecule has 1 saturated carbocycles. The van der Waals surface area contributed by atoms with Crippen LogP contribution in [0.25, 0.3) is 11.3 Å². The Bertz CT molecular complexity index is 1620. The van der Waals surface area contributed by atoms with Crippen molar-refractivity contribution in [3.63, 3.8) is 0 Å². The summed E-state index contributed by atoms with van der Waals surface area (Å²) < 4.78 is 41.7. The standard InChI is InChI=1S/C27H28F3N9O4/c1-15-18(27(28,29)30)10-17(11-32-15)19-6-5-7-20(34-19)35-25(42)26(8-9-26)39-13-33-23(31-3)22(39)24(41)38(14-40)12-21-36-43-16(2)37(21)4/h5-7,10-11,13-14,16,31H,8-9,12H2,1-4H3,(H,34,35,42). The molecule has 226 valence electrons. The number of anilines is 2. The maximum atomic E-state index is 13.6. The summed E-state index contributed by atoms with van der Waals surface area (Å²) in [4.78, 5) is 59.5. The number of amides is 3. The molecule has 2 N–H and O–H groups in total. The lowest BCUT2D eigenvalue weighted by atomic mass is 10.1. The fourth-order valence-electron chi connectivity index (χ4n) is 4.68. The molecule has 3 amide bonds. The van der Waals surface area contributed by atoms with Crippen LogP contribution in [0.5, 0.6) is 0 Å². The minimum atomic E-state index is -4.59. The summed E-state index contributed by atoms with van der Waals surface area (Å²) in [5, 5.41) is 9.47. The van der Waals surface area contributed by atoms with Crippen LogP contribution in [0, 0.1) is 6.92 Å². The van der Waals surface area contributed by atoms with Crippen molar-refractivity contribution < 1.29 is 32.4 Å². The topological polar surface area (TPSA) is 147 Å². The van der Waals surface area contributed by atoms with E-state index in [0.717, 1.165) is 11.0 Å². The average Bonchev–Trinajstić information content (AvgIpc) is 3.58. The van der Waals surface area contributed by atoms with Crippen molar-refractivity contribution in [3.05, 3.63) is 53.7 Å². The fourth-order valence-corrected chi connectivity index (χ4v) is 4.68. The number of carbonyl (C=O) groups is 3. The molecule has 3 aromatic heterocycles. The van der Waals surface area contributed by atoms with E-state index < -0.39 is 29.1 Å². The number of hydrogen-bond donors (Lipinski definition) is 2. The number of carbonyl (C=O) groups excluding carboxylic acids is 3. The second-order valence-corrected chi connectivity index (χ2v) is 10.2. The van der Waals surface area contributed by atoms with Gasteiger partial charge in [0.2, 0.25) is 6.41 Å². The van der Waals surface area contributed by atoms with Crippen LogP contribution < -0.4 is 10.6 Å². The van der Waals surface area contributed by atoms with Gasteiger partial charge in [0.15, 0.2) is 23.6 Å². The van der Waals surface area contributed by atoms with Crippen LogP contribution in [0.3, 0.4) is 0 Å². The first-order chi connectivity index (χ1) is 20.4. The summed E-state index contributed by atoms with van der Waals surface area (Å²) in [5.41, 5.74) is -1.97. The number of halogens is 3. The van der Waals surface area contributed by atoms with Crippen LogP contribution in [-0.2, 0) is 26.1 Å². The van der Waals surface area contributed by atoms with Crippen molar-refractivity contribution in [2.75, 3.05) is 31.3 Å². The quantitative estimate of drug-likeness (QED) is 0.354. The zero-order valence-corrected chi connectivity index (χ0v) is 23.6. The normalized spacial score (nSPS) is 17.1. The highest BCUT2D eigenvalue weighted by Crippen LogP contribution is 2.46. The van der Waals surface area contributed by atoms with E-state index in [4.69, 9.17) is 4.84 Å². The summed E-state index contributed by atoms with van der Waals surface area (Å²) in [6, 6.07) is 5.51. The van der Waals surface area contributed by atoms with Gasteiger partial charge in [0, 0.05) is 31.5 Å². The maximum Gasteiger partial charge on any atom is 0.418 e. The predicted octanol–water partition coefficient (Wildman–Crippen LogP) is 3.06. The van der Waals surface area contributed by atoms with Crippen LogP contribution >= 0.6 is 0 Å². The highest BCUT2D eigenvalue weighted by atomic mass is 19.4. The molecule has 2 aliphatic rings. The lowest BCUT2D eigenvalue weighted by Crippen LogP contribution is -2.43. The molecule has 1 aliphatic heterocycles. The molecule has 1 unspecified atom stereocenters. The number of oxime groups is 1. The molecule has 4 heterocycles. The van der Waals surface area contributed by atoms with Gasteiger partial charge in [0.25, 0.3) is 11.8 Å². The maximum absolute atomic E-state index is 13.6. The first kappa shape index (κ1) is 29.5. The van der Waals surface area contributed by atoms with E-state index >= 15 is 0 Å². The Balaban J connectivity index is 1.40. The Morgan fingerprint density at radius 2 is 2.00 bits per heavy atom. The van der Waals surface area contributed by atoms with Gasteiger partial charge in [-0.2, -0.15) is 13.2 Å². The number of nitrogens with zero attached hydrogens (tertiary/aromatic N) is 7. The zero-order chi connectivity index (χ0) is 31.1. The lowest BCUT2D eigenvalue weighted by molar-refractivity contribution is -0.138. The Morgan fingerprint density at radius 1 is 1.26 bits per heavy atom. The molecule has 43 heavy (non-hydrogen) atoms. The van der Waals surface area contributed by atoms with Crippen molar-refractivity contribution >= 4 is 35.7 Å². The Labute approximate surface area is 243 Å². The third kappa shape index (κ3) is 5.47. The minimum Gasteiger partial charge on any atom is -0.371 e.